The Bertz CT molecular complexity index is 2090. The SMILES string of the molecule is CCC(C)(C)c1ccc(-c2ccc3c(c2)[nH]c2cc4c5ccc(-c6ccc(C(C)(C)CC)s6)cc5n(C)c4cc23)s1. The molecule has 4 heteroatoms. The molecule has 0 radical (unpaired) electrons. The third-order valence-corrected chi connectivity index (χ3v) is 12.6. The second-order valence-corrected chi connectivity index (χ2v) is 15.1. The predicted molar refractivity (Wildman–Crippen MR) is 183 cm³/mol. The van der Waals surface area contributed by atoms with E-state index in [-0.39, 0.29) is 10.8 Å². The molecule has 3 aromatic carbocycles. The van der Waals surface area contributed by atoms with E-state index >= 15 is 0 Å². The number of rotatable bonds is 6. The number of benzene rings is 3. The van der Waals surface area contributed by atoms with Crippen molar-refractivity contribution >= 4 is 66.3 Å². The monoisotopic (exact) mass is 574 g/mol. The maximum Gasteiger partial charge on any atom is 0.0496 e. The fourth-order valence-electron chi connectivity index (χ4n) is 5.97. The van der Waals surface area contributed by atoms with Gasteiger partial charge in [-0.25, -0.2) is 0 Å². The summed E-state index contributed by atoms with van der Waals surface area (Å²) >= 11 is 3.86. The van der Waals surface area contributed by atoms with Crippen molar-refractivity contribution in [3.05, 3.63) is 82.6 Å². The number of nitrogens with zero attached hydrogens (tertiary/aromatic N) is 1. The summed E-state index contributed by atoms with van der Waals surface area (Å²) in [5, 5.41) is 5.18. The summed E-state index contributed by atoms with van der Waals surface area (Å²) in [5.74, 6) is 0. The lowest BCUT2D eigenvalue weighted by molar-refractivity contribution is 0.517. The van der Waals surface area contributed by atoms with Crippen molar-refractivity contribution < 1.29 is 0 Å². The van der Waals surface area contributed by atoms with Crippen LogP contribution in [0.4, 0.5) is 0 Å². The van der Waals surface area contributed by atoms with Gasteiger partial charge in [-0.05, 0) is 83.3 Å². The van der Waals surface area contributed by atoms with Crippen LogP contribution in [-0.4, -0.2) is 9.55 Å². The molecule has 0 unspecified atom stereocenters. The molecular formula is C37H38N2S2. The fourth-order valence-corrected chi connectivity index (χ4v) is 8.32. The van der Waals surface area contributed by atoms with Crippen molar-refractivity contribution in [2.24, 2.45) is 7.05 Å². The summed E-state index contributed by atoms with van der Waals surface area (Å²) in [5.41, 5.74) is 7.98. The van der Waals surface area contributed by atoms with Gasteiger partial charge in [0.1, 0.15) is 0 Å². The molecule has 7 aromatic rings. The van der Waals surface area contributed by atoms with Crippen molar-refractivity contribution in [1.29, 1.82) is 0 Å². The molecule has 4 heterocycles. The Kier molecular flexibility index (Phi) is 6.05. The number of aromatic amines is 1. The lowest BCUT2D eigenvalue weighted by atomic mass is 9.89. The molecule has 0 fully saturated rings. The van der Waals surface area contributed by atoms with Crippen LogP contribution >= 0.6 is 22.7 Å². The molecule has 41 heavy (non-hydrogen) atoms. The molecule has 0 bridgehead atoms. The van der Waals surface area contributed by atoms with Crippen LogP contribution in [0.25, 0.3) is 64.5 Å². The molecule has 0 aliphatic heterocycles. The van der Waals surface area contributed by atoms with E-state index in [0.717, 1.165) is 12.8 Å². The Morgan fingerprint density at radius 2 is 1.12 bits per heavy atom. The number of hydrogen-bond acceptors (Lipinski definition) is 2. The van der Waals surface area contributed by atoms with Gasteiger partial charge in [0.25, 0.3) is 0 Å². The molecule has 0 saturated carbocycles. The van der Waals surface area contributed by atoms with Crippen LogP contribution in [-0.2, 0) is 17.9 Å². The first kappa shape index (κ1) is 26.6. The molecule has 0 aliphatic carbocycles. The van der Waals surface area contributed by atoms with Crippen molar-refractivity contribution in [3.63, 3.8) is 0 Å². The summed E-state index contributed by atoms with van der Waals surface area (Å²) in [6, 6.07) is 27.8. The van der Waals surface area contributed by atoms with Gasteiger partial charge in [-0.1, -0.05) is 65.8 Å². The van der Waals surface area contributed by atoms with Gasteiger partial charge in [-0.15, -0.1) is 22.7 Å². The Morgan fingerprint density at radius 1 is 0.585 bits per heavy atom. The quantitative estimate of drug-likeness (QED) is 0.204. The number of H-pyrrole nitrogens is 1. The van der Waals surface area contributed by atoms with Gasteiger partial charge in [0.15, 0.2) is 0 Å². The van der Waals surface area contributed by atoms with E-state index in [1.807, 2.05) is 22.7 Å². The van der Waals surface area contributed by atoms with Crippen LogP contribution in [0, 0.1) is 0 Å². The molecule has 0 saturated heterocycles. The molecular weight excluding hydrogens is 537 g/mol. The first-order valence-corrected chi connectivity index (χ1v) is 16.4. The maximum absolute atomic E-state index is 3.76. The van der Waals surface area contributed by atoms with E-state index < -0.39 is 0 Å². The minimum absolute atomic E-state index is 0.218. The summed E-state index contributed by atoms with van der Waals surface area (Å²) in [6.45, 7) is 13.9. The highest BCUT2D eigenvalue weighted by atomic mass is 32.1. The molecule has 0 atom stereocenters. The zero-order chi connectivity index (χ0) is 28.7. The van der Waals surface area contributed by atoms with Crippen molar-refractivity contribution in [2.75, 3.05) is 0 Å². The number of thiophene rings is 2. The Morgan fingerprint density at radius 3 is 1.73 bits per heavy atom. The first-order valence-electron chi connectivity index (χ1n) is 14.8. The maximum atomic E-state index is 3.76. The third-order valence-electron chi connectivity index (χ3n) is 9.61. The van der Waals surface area contributed by atoms with Crippen LogP contribution in [0.15, 0.2) is 72.8 Å². The third kappa shape index (κ3) is 4.18. The largest absolute Gasteiger partial charge is 0.354 e. The highest BCUT2D eigenvalue weighted by Gasteiger charge is 2.22. The van der Waals surface area contributed by atoms with E-state index in [1.165, 1.54) is 74.2 Å². The fraction of sp³-hybridized carbons (Fsp3) is 0.297. The van der Waals surface area contributed by atoms with E-state index in [4.69, 9.17) is 0 Å². The average Bonchev–Trinajstić information content (AvgIpc) is 3.77. The van der Waals surface area contributed by atoms with Gasteiger partial charge in [-0.3, -0.25) is 0 Å². The number of fused-ring (bicyclic) bond motifs is 6. The van der Waals surface area contributed by atoms with Gasteiger partial charge < -0.3 is 9.55 Å². The molecule has 0 spiro atoms. The number of nitrogens with one attached hydrogen (secondary N) is 1. The second-order valence-electron chi connectivity index (χ2n) is 12.9. The lowest BCUT2D eigenvalue weighted by Crippen LogP contribution is -2.12. The lowest BCUT2D eigenvalue weighted by Gasteiger charge is -2.20. The van der Waals surface area contributed by atoms with Crippen LogP contribution < -0.4 is 0 Å². The number of aromatic nitrogens is 2. The molecule has 7 rings (SSSR count). The van der Waals surface area contributed by atoms with Crippen LogP contribution in [0.1, 0.15) is 64.1 Å². The van der Waals surface area contributed by atoms with Crippen molar-refractivity contribution in [1.82, 2.24) is 9.55 Å². The van der Waals surface area contributed by atoms with Gasteiger partial charge in [-0.2, -0.15) is 0 Å². The topological polar surface area (TPSA) is 20.7 Å². The normalized spacial score (nSPS) is 13.0. The zero-order valence-electron chi connectivity index (χ0n) is 25.1. The number of aryl methyl sites for hydroxylation is 1. The highest BCUT2D eigenvalue weighted by Crippen LogP contribution is 2.41. The minimum atomic E-state index is 0.218. The van der Waals surface area contributed by atoms with E-state index in [0.29, 0.717) is 0 Å². The molecule has 0 aliphatic rings. The standard InChI is InChI=1S/C37H38N2S2/c1-8-36(3,4)34-16-14-32(40-34)22-10-12-24-26-21-31-27(20-29(26)38-28(24)18-22)25-13-11-23(19-30(25)39(31)7)33-15-17-35(41-33)37(5,6)9-2/h10-21,38H,8-9H2,1-7H3. The van der Waals surface area contributed by atoms with Gasteiger partial charge in [0.05, 0.1) is 0 Å². The van der Waals surface area contributed by atoms with Crippen LogP contribution in [0.2, 0.25) is 0 Å². The summed E-state index contributed by atoms with van der Waals surface area (Å²) < 4.78 is 2.37. The van der Waals surface area contributed by atoms with E-state index in [2.05, 4.69) is 131 Å². The highest BCUT2D eigenvalue weighted by molar-refractivity contribution is 7.16. The van der Waals surface area contributed by atoms with Crippen molar-refractivity contribution in [3.8, 4) is 20.9 Å². The minimum Gasteiger partial charge on any atom is -0.354 e. The Hall–Kier alpha value is -3.34. The Balaban J connectivity index is 1.31. The van der Waals surface area contributed by atoms with Crippen molar-refractivity contribution in [2.45, 2.75) is 65.2 Å². The summed E-state index contributed by atoms with van der Waals surface area (Å²) in [6.07, 6.45) is 2.29. The predicted octanol–water partition coefficient (Wildman–Crippen LogP) is 11.8. The van der Waals surface area contributed by atoms with Crippen LogP contribution in [0.5, 0.6) is 0 Å². The van der Waals surface area contributed by atoms with E-state index in [9.17, 15) is 0 Å². The molecule has 1 N–H and O–H groups in total. The van der Waals surface area contributed by atoms with Gasteiger partial charge >= 0.3 is 0 Å². The number of hydrogen-bond donors (Lipinski definition) is 1. The second kappa shape index (κ2) is 9.34. The van der Waals surface area contributed by atoms with Gasteiger partial charge in [0.2, 0.25) is 0 Å². The first-order chi connectivity index (χ1) is 19.6. The summed E-state index contributed by atoms with van der Waals surface area (Å²) in [4.78, 5) is 9.36. The molecule has 2 nitrogen and oxygen atoms in total. The molecule has 4 aromatic heterocycles. The Labute approximate surface area is 250 Å². The zero-order valence-corrected chi connectivity index (χ0v) is 26.7. The van der Waals surface area contributed by atoms with E-state index in [1.54, 1.807) is 0 Å². The van der Waals surface area contributed by atoms with Crippen LogP contribution in [0.3, 0.4) is 0 Å². The average molecular weight is 575 g/mol. The van der Waals surface area contributed by atoms with Gasteiger partial charge in [0, 0.05) is 70.2 Å². The summed E-state index contributed by atoms with van der Waals surface area (Å²) in [7, 11) is 2.21. The smallest absolute Gasteiger partial charge is 0.0496 e. The molecule has 208 valence electrons. The molecule has 0 amide bonds.